The van der Waals surface area contributed by atoms with Gasteiger partial charge in [-0.05, 0) is 36.3 Å². The molecule has 7 N–H and O–H groups in total. The topological polar surface area (TPSA) is 224 Å². The summed E-state index contributed by atoms with van der Waals surface area (Å²) in [4.78, 5) is 96.4. The van der Waals surface area contributed by atoms with Gasteiger partial charge in [-0.2, -0.15) is 0 Å². The van der Waals surface area contributed by atoms with Gasteiger partial charge in [0.25, 0.3) is 0 Å². The van der Waals surface area contributed by atoms with Crippen molar-refractivity contribution in [1.82, 2.24) is 26.6 Å². The molecule has 0 unspecified atom stereocenters. The van der Waals surface area contributed by atoms with Crippen LogP contribution in [0.3, 0.4) is 0 Å². The molecule has 15 nitrogen and oxygen atoms in total. The Balaban J connectivity index is 1.43. The number of hydrogen-bond acceptors (Lipinski definition) is 10. The first-order valence-electron chi connectivity index (χ1n) is 23.0. The van der Waals surface area contributed by atoms with Crippen molar-refractivity contribution in [2.45, 2.75) is 82.3 Å². The normalized spacial score (nSPS) is 21.1. The van der Waals surface area contributed by atoms with Crippen molar-refractivity contribution in [2.75, 3.05) is 46.1 Å². The molecule has 0 aromatic heterocycles. The molecule has 352 valence electrons. The monoisotopic (exact) mass is 904 g/mol. The number of carbonyl (C=O) groups excluding carboxylic acids is 7. The third-order valence-corrected chi connectivity index (χ3v) is 11.6. The summed E-state index contributed by atoms with van der Waals surface area (Å²) in [5.41, 5.74) is 7.94. The molecule has 5 rings (SSSR count). The number of carbonyl (C=O) groups is 7. The summed E-state index contributed by atoms with van der Waals surface area (Å²) in [5, 5.41) is 13.9. The quantitative estimate of drug-likeness (QED) is 0.0802. The zero-order valence-corrected chi connectivity index (χ0v) is 37.6. The molecule has 5 amide bonds. The number of nitrogens with two attached hydrogens (primary N) is 1. The van der Waals surface area contributed by atoms with Crippen molar-refractivity contribution >= 4 is 47.2 Å². The maximum atomic E-state index is 14.6. The zero-order valence-electron chi connectivity index (χ0n) is 37.6. The van der Waals surface area contributed by atoms with Crippen LogP contribution in [0.15, 0.2) is 103 Å². The molecule has 1 aliphatic carbocycles. The molecule has 2 aliphatic rings. The number of ether oxygens (including phenoxy) is 2. The van der Waals surface area contributed by atoms with Crippen molar-refractivity contribution in [3.63, 3.8) is 0 Å². The van der Waals surface area contributed by atoms with Crippen LogP contribution < -0.4 is 32.3 Å². The molecular weight excluding hydrogens is 841 g/mol. The zero-order chi connectivity index (χ0) is 46.9. The molecule has 3 aromatic carbocycles. The SMILES string of the molecule is NCCOCCOCCNC(=O)[C@@H]1CCNC(=O)/C=C\C(=O)N[C@@H](C/C=C/c2ccccc2)C(=O)C[C@@H](CC2CCCCC2)C(=O)N[C@@H](Cc2ccc(C(=O)c3ccccc3)cc2)C(=O)N1. The second kappa shape index (κ2) is 27.9. The van der Waals surface area contributed by atoms with Crippen LogP contribution in [0.4, 0.5) is 0 Å². The van der Waals surface area contributed by atoms with E-state index in [2.05, 4.69) is 26.6 Å². The van der Waals surface area contributed by atoms with Gasteiger partial charge in [0.2, 0.25) is 29.5 Å². The highest BCUT2D eigenvalue weighted by Gasteiger charge is 2.33. The van der Waals surface area contributed by atoms with E-state index in [1.54, 1.807) is 54.6 Å². The van der Waals surface area contributed by atoms with Gasteiger partial charge >= 0.3 is 0 Å². The van der Waals surface area contributed by atoms with E-state index in [4.69, 9.17) is 15.2 Å². The van der Waals surface area contributed by atoms with Crippen molar-refractivity contribution in [3.8, 4) is 0 Å². The molecule has 0 spiro atoms. The van der Waals surface area contributed by atoms with E-state index in [0.717, 1.165) is 49.8 Å². The number of ketones is 2. The van der Waals surface area contributed by atoms with E-state index < -0.39 is 53.6 Å². The van der Waals surface area contributed by atoms with Crippen LogP contribution in [-0.4, -0.2) is 105 Å². The molecule has 15 heteroatoms. The van der Waals surface area contributed by atoms with E-state index >= 15 is 0 Å². The Morgan fingerprint density at radius 1 is 0.697 bits per heavy atom. The van der Waals surface area contributed by atoms with E-state index in [1.165, 1.54) is 0 Å². The molecule has 1 aliphatic heterocycles. The third kappa shape index (κ3) is 17.6. The van der Waals surface area contributed by atoms with E-state index in [9.17, 15) is 33.6 Å². The van der Waals surface area contributed by atoms with Gasteiger partial charge in [0, 0.05) is 61.7 Å². The minimum atomic E-state index is -1.22. The van der Waals surface area contributed by atoms with Gasteiger partial charge < -0.3 is 41.8 Å². The maximum absolute atomic E-state index is 14.6. The molecule has 1 heterocycles. The average molecular weight is 905 g/mol. The summed E-state index contributed by atoms with van der Waals surface area (Å²) < 4.78 is 10.8. The van der Waals surface area contributed by atoms with E-state index in [-0.39, 0.29) is 69.5 Å². The number of hydrogen-bond donors (Lipinski definition) is 6. The first-order valence-corrected chi connectivity index (χ1v) is 23.0. The van der Waals surface area contributed by atoms with Crippen LogP contribution in [0.25, 0.3) is 6.08 Å². The Kier molecular flexibility index (Phi) is 21.4. The van der Waals surface area contributed by atoms with E-state index in [1.807, 2.05) is 42.5 Å². The minimum Gasteiger partial charge on any atom is -0.378 e. The molecule has 1 saturated carbocycles. The second-order valence-corrected chi connectivity index (χ2v) is 16.7. The lowest BCUT2D eigenvalue weighted by atomic mass is 9.80. The highest BCUT2D eigenvalue weighted by Crippen LogP contribution is 2.31. The molecule has 0 radical (unpaired) electrons. The number of Topliss-reactive ketones (excluding diaryl/α,β-unsaturated/α-hetero) is 1. The van der Waals surface area contributed by atoms with Gasteiger partial charge in [0.05, 0.1) is 32.5 Å². The van der Waals surface area contributed by atoms with Crippen LogP contribution >= 0.6 is 0 Å². The molecule has 0 saturated heterocycles. The molecule has 4 atom stereocenters. The Hall–Kier alpha value is -6.29. The highest BCUT2D eigenvalue weighted by atomic mass is 16.5. The Morgan fingerprint density at radius 2 is 1.36 bits per heavy atom. The van der Waals surface area contributed by atoms with Crippen LogP contribution in [-0.2, 0) is 44.7 Å². The van der Waals surface area contributed by atoms with Gasteiger partial charge in [0.15, 0.2) is 11.6 Å². The molecule has 1 fully saturated rings. The standard InChI is InChI=1S/C51H64N6O9/c52-26-29-65-31-32-66-30-28-54-50(63)43-25-27-53-46(59)23-24-47(60)55-42(18-10-15-36-11-4-1-5-12-36)45(58)35-41(33-37-13-6-2-7-14-37)49(62)57-44(51(64)56-43)34-38-19-21-40(22-20-38)48(61)39-16-8-3-9-17-39/h1,3-5,8-12,15-17,19-24,37,41-44H,2,6-7,13-14,18,25-35,52H2,(H,53,59)(H,54,63)(H,55,60)(H,56,64)(H,57,62)/b15-10+,24-23-/t41-,42+,43+,44+/m1/s1. The van der Waals surface area contributed by atoms with E-state index in [0.29, 0.717) is 42.9 Å². The first kappa shape index (κ1) is 50.7. The number of amides is 5. The van der Waals surface area contributed by atoms with Gasteiger partial charge in [0.1, 0.15) is 12.1 Å². The summed E-state index contributed by atoms with van der Waals surface area (Å²) in [6.45, 7) is 1.61. The fraction of sp³-hybridized carbons (Fsp3) is 0.431. The molecular formula is C51H64N6O9. The Labute approximate surface area is 387 Å². The Morgan fingerprint density at radius 3 is 2.08 bits per heavy atom. The largest absolute Gasteiger partial charge is 0.378 e. The summed E-state index contributed by atoms with van der Waals surface area (Å²) in [5.74, 6) is -4.23. The molecule has 66 heavy (non-hydrogen) atoms. The first-order chi connectivity index (χ1) is 32.1. The second-order valence-electron chi connectivity index (χ2n) is 16.7. The summed E-state index contributed by atoms with van der Waals surface area (Å²) >= 11 is 0. The van der Waals surface area contributed by atoms with Crippen molar-refractivity contribution in [3.05, 3.63) is 125 Å². The van der Waals surface area contributed by atoms with Gasteiger partial charge in [-0.25, -0.2) is 0 Å². The lowest BCUT2D eigenvalue weighted by molar-refractivity contribution is -0.135. The Bertz CT molecular complexity index is 2110. The van der Waals surface area contributed by atoms with Crippen LogP contribution in [0.5, 0.6) is 0 Å². The number of benzene rings is 3. The van der Waals surface area contributed by atoms with Gasteiger partial charge in [-0.3, -0.25) is 33.6 Å². The third-order valence-electron chi connectivity index (χ3n) is 11.6. The maximum Gasteiger partial charge on any atom is 0.244 e. The average Bonchev–Trinajstić information content (AvgIpc) is 3.33. The summed E-state index contributed by atoms with van der Waals surface area (Å²) in [6, 6.07) is 21.7. The predicted octanol–water partition coefficient (Wildman–Crippen LogP) is 3.75. The lowest BCUT2D eigenvalue weighted by Crippen LogP contribution is -2.56. The number of rotatable bonds is 18. The fourth-order valence-corrected chi connectivity index (χ4v) is 8.04. The van der Waals surface area contributed by atoms with Crippen molar-refractivity contribution in [1.29, 1.82) is 0 Å². The fourth-order valence-electron chi connectivity index (χ4n) is 8.04. The van der Waals surface area contributed by atoms with Gasteiger partial charge in [-0.15, -0.1) is 0 Å². The summed E-state index contributed by atoms with van der Waals surface area (Å²) in [6.07, 6.45) is 10.8. The highest BCUT2D eigenvalue weighted by molar-refractivity contribution is 6.09. The van der Waals surface area contributed by atoms with Crippen LogP contribution in [0.2, 0.25) is 0 Å². The smallest absolute Gasteiger partial charge is 0.244 e. The lowest BCUT2D eigenvalue weighted by Gasteiger charge is -2.29. The minimum absolute atomic E-state index is 0.0135. The van der Waals surface area contributed by atoms with Crippen LogP contribution in [0.1, 0.15) is 84.8 Å². The van der Waals surface area contributed by atoms with Crippen LogP contribution in [0, 0.1) is 11.8 Å². The number of nitrogens with one attached hydrogen (secondary N) is 5. The molecule has 0 bridgehead atoms. The summed E-state index contributed by atoms with van der Waals surface area (Å²) in [7, 11) is 0. The van der Waals surface area contributed by atoms with Crippen molar-refractivity contribution < 1.29 is 43.0 Å². The predicted molar refractivity (Wildman–Crippen MR) is 251 cm³/mol. The van der Waals surface area contributed by atoms with Gasteiger partial charge in [-0.1, -0.05) is 129 Å². The molecule has 3 aromatic rings. The van der Waals surface area contributed by atoms with Crippen molar-refractivity contribution in [2.24, 2.45) is 17.6 Å².